The van der Waals surface area contributed by atoms with Crippen LogP contribution in [0.1, 0.15) is 22.8 Å². The Hall–Kier alpha value is -1.32. The van der Waals surface area contributed by atoms with Gasteiger partial charge in [-0.15, -0.1) is 11.8 Å². The molecule has 0 aliphatic rings. The van der Waals surface area contributed by atoms with Crippen molar-refractivity contribution in [2.45, 2.75) is 18.2 Å². The quantitative estimate of drug-likeness (QED) is 0.570. The Kier molecular flexibility index (Phi) is 5.21. The first-order chi connectivity index (χ1) is 9.60. The highest BCUT2D eigenvalue weighted by molar-refractivity contribution is 7.99. The fourth-order valence-electron chi connectivity index (χ4n) is 1.84. The fourth-order valence-corrected chi connectivity index (χ4v) is 2.66. The van der Waals surface area contributed by atoms with Gasteiger partial charge in [-0.2, -0.15) is 0 Å². The molecule has 2 aromatic carbocycles. The number of ketones is 1. The van der Waals surface area contributed by atoms with Crippen LogP contribution < -0.4 is 0 Å². The second-order valence-corrected chi connectivity index (χ2v) is 6.07. The minimum Gasteiger partial charge on any atom is -0.294 e. The molecule has 0 saturated carbocycles. The molecule has 0 atom stereocenters. The van der Waals surface area contributed by atoms with Crippen LogP contribution in [0, 0.1) is 5.82 Å². The molecule has 0 unspecified atom stereocenters. The van der Waals surface area contributed by atoms with Crippen molar-refractivity contribution in [3.05, 3.63) is 64.4 Å². The van der Waals surface area contributed by atoms with Crippen molar-refractivity contribution in [1.82, 2.24) is 0 Å². The zero-order valence-electron chi connectivity index (χ0n) is 11.0. The van der Waals surface area contributed by atoms with Crippen molar-refractivity contribution < 1.29 is 9.18 Å². The van der Waals surface area contributed by atoms with E-state index in [1.807, 2.05) is 12.1 Å². The van der Waals surface area contributed by atoms with Crippen molar-refractivity contribution in [3.63, 3.8) is 0 Å². The normalized spacial score (nSPS) is 10.6. The molecule has 20 heavy (non-hydrogen) atoms. The molecule has 0 saturated heterocycles. The first-order valence-corrected chi connectivity index (χ1v) is 7.66. The molecule has 2 rings (SSSR count). The van der Waals surface area contributed by atoms with Crippen LogP contribution in [0.15, 0.2) is 47.4 Å². The lowest BCUT2D eigenvalue weighted by atomic mass is 10.0. The molecule has 104 valence electrons. The number of benzene rings is 2. The molecule has 0 bridgehead atoms. The maximum atomic E-state index is 13.7. The van der Waals surface area contributed by atoms with Gasteiger partial charge in [0.05, 0.1) is 0 Å². The Bertz CT molecular complexity index is 610. The summed E-state index contributed by atoms with van der Waals surface area (Å²) in [7, 11) is 0. The van der Waals surface area contributed by atoms with E-state index < -0.39 is 5.82 Å². The maximum Gasteiger partial charge on any atom is 0.167 e. The Morgan fingerprint density at radius 2 is 1.90 bits per heavy atom. The number of carbonyl (C=O) groups is 1. The lowest BCUT2D eigenvalue weighted by Gasteiger charge is -2.05. The summed E-state index contributed by atoms with van der Waals surface area (Å²) in [5.74, 6) is 0.451. The third kappa shape index (κ3) is 3.84. The number of halogens is 2. The van der Waals surface area contributed by atoms with E-state index in [9.17, 15) is 9.18 Å². The number of hydrogen-bond donors (Lipinski definition) is 0. The molecular weight excluding hydrogens is 295 g/mol. The molecule has 0 aliphatic carbocycles. The highest BCUT2D eigenvalue weighted by Crippen LogP contribution is 2.20. The molecule has 2 aromatic rings. The van der Waals surface area contributed by atoms with Gasteiger partial charge in [0.1, 0.15) is 5.82 Å². The molecule has 0 heterocycles. The van der Waals surface area contributed by atoms with Crippen LogP contribution in [0.3, 0.4) is 0 Å². The number of carbonyl (C=O) groups excluding carboxylic acids is 1. The largest absolute Gasteiger partial charge is 0.294 e. The summed E-state index contributed by atoms with van der Waals surface area (Å²) in [5.41, 5.74) is 0.964. The Morgan fingerprint density at radius 3 is 2.50 bits per heavy atom. The zero-order chi connectivity index (χ0) is 14.5. The van der Waals surface area contributed by atoms with Crippen LogP contribution in [0.2, 0.25) is 5.02 Å². The molecule has 4 heteroatoms. The van der Waals surface area contributed by atoms with Crippen LogP contribution in [0.4, 0.5) is 4.39 Å². The fraction of sp³-hybridized carbons (Fsp3) is 0.188. The van der Waals surface area contributed by atoms with Crippen molar-refractivity contribution in [2.75, 3.05) is 5.75 Å². The molecule has 0 spiro atoms. The highest BCUT2D eigenvalue weighted by atomic mass is 35.5. The molecule has 0 N–H and O–H groups in total. The third-order valence-electron chi connectivity index (χ3n) is 2.85. The van der Waals surface area contributed by atoms with Gasteiger partial charge in [0, 0.05) is 21.9 Å². The predicted octanol–water partition coefficient (Wildman–Crippen LogP) is 5.02. The summed E-state index contributed by atoms with van der Waals surface area (Å²) in [5, 5.41) is 0.333. The summed E-state index contributed by atoms with van der Waals surface area (Å²) in [6.07, 6.45) is 0.0449. The van der Waals surface area contributed by atoms with Gasteiger partial charge in [-0.25, -0.2) is 4.39 Å². The minimum atomic E-state index is -0.441. The average Bonchev–Trinajstić information content (AvgIpc) is 2.43. The number of hydrogen-bond acceptors (Lipinski definition) is 2. The SMILES string of the molecule is CCSc1ccc(C(=O)Cc2ccc(Cl)cc2F)cc1. The van der Waals surface area contributed by atoms with E-state index in [1.54, 1.807) is 36.0 Å². The van der Waals surface area contributed by atoms with Gasteiger partial charge in [0.2, 0.25) is 0 Å². The molecule has 0 aliphatic heterocycles. The third-order valence-corrected chi connectivity index (χ3v) is 3.98. The predicted molar refractivity (Wildman–Crippen MR) is 82.3 cm³/mol. The summed E-state index contributed by atoms with van der Waals surface area (Å²) >= 11 is 7.41. The summed E-state index contributed by atoms with van der Waals surface area (Å²) in [6.45, 7) is 2.08. The van der Waals surface area contributed by atoms with Crippen molar-refractivity contribution in [1.29, 1.82) is 0 Å². The van der Waals surface area contributed by atoms with E-state index >= 15 is 0 Å². The topological polar surface area (TPSA) is 17.1 Å². The van der Waals surface area contributed by atoms with Gasteiger partial charge in [-0.3, -0.25) is 4.79 Å². The molecule has 0 radical (unpaired) electrons. The van der Waals surface area contributed by atoms with Crippen molar-refractivity contribution in [3.8, 4) is 0 Å². The Labute approximate surface area is 127 Å². The minimum absolute atomic E-state index is 0.0449. The Morgan fingerprint density at radius 1 is 1.20 bits per heavy atom. The molecule has 0 amide bonds. The average molecular weight is 309 g/mol. The van der Waals surface area contributed by atoms with Gasteiger partial charge in [-0.1, -0.05) is 36.7 Å². The van der Waals surface area contributed by atoms with E-state index in [-0.39, 0.29) is 12.2 Å². The van der Waals surface area contributed by atoms with E-state index in [0.717, 1.165) is 10.6 Å². The van der Waals surface area contributed by atoms with Crippen LogP contribution in [-0.4, -0.2) is 11.5 Å². The van der Waals surface area contributed by atoms with Crippen LogP contribution in [-0.2, 0) is 6.42 Å². The first kappa shape index (κ1) is 15.1. The highest BCUT2D eigenvalue weighted by Gasteiger charge is 2.11. The smallest absolute Gasteiger partial charge is 0.167 e. The molecule has 1 nitrogen and oxygen atoms in total. The molecule has 0 aromatic heterocycles. The van der Waals surface area contributed by atoms with Gasteiger partial charge < -0.3 is 0 Å². The van der Waals surface area contributed by atoms with E-state index in [1.165, 1.54) is 6.07 Å². The number of rotatable bonds is 5. The van der Waals surface area contributed by atoms with Gasteiger partial charge in [-0.05, 0) is 35.6 Å². The Balaban J connectivity index is 2.11. The lowest BCUT2D eigenvalue weighted by Crippen LogP contribution is -2.05. The van der Waals surface area contributed by atoms with E-state index in [0.29, 0.717) is 16.1 Å². The van der Waals surface area contributed by atoms with Gasteiger partial charge in [0.25, 0.3) is 0 Å². The second kappa shape index (κ2) is 6.91. The molecular formula is C16H14ClFOS. The van der Waals surface area contributed by atoms with Crippen LogP contribution in [0.5, 0.6) is 0 Å². The monoisotopic (exact) mass is 308 g/mol. The summed E-state index contributed by atoms with van der Waals surface area (Å²) in [6, 6.07) is 11.8. The van der Waals surface area contributed by atoms with Crippen LogP contribution in [0.25, 0.3) is 0 Å². The van der Waals surface area contributed by atoms with Crippen molar-refractivity contribution in [2.24, 2.45) is 0 Å². The maximum absolute atomic E-state index is 13.7. The van der Waals surface area contributed by atoms with Crippen molar-refractivity contribution >= 4 is 29.1 Å². The lowest BCUT2D eigenvalue weighted by molar-refractivity contribution is 0.0992. The standard InChI is InChI=1S/C16H14ClFOS/c1-2-20-14-7-4-11(5-8-14)16(19)9-12-3-6-13(17)10-15(12)18/h3-8,10H,2,9H2,1H3. The second-order valence-electron chi connectivity index (χ2n) is 4.29. The van der Waals surface area contributed by atoms with Crippen LogP contribution >= 0.6 is 23.4 Å². The number of thioether (sulfide) groups is 1. The van der Waals surface area contributed by atoms with E-state index in [2.05, 4.69) is 6.92 Å². The van der Waals surface area contributed by atoms with Gasteiger partial charge in [0.15, 0.2) is 5.78 Å². The summed E-state index contributed by atoms with van der Waals surface area (Å²) in [4.78, 5) is 13.2. The van der Waals surface area contributed by atoms with E-state index in [4.69, 9.17) is 11.6 Å². The van der Waals surface area contributed by atoms with Gasteiger partial charge >= 0.3 is 0 Å². The number of Topliss-reactive ketones (excluding diaryl/α,β-unsaturated/α-hetero) is 1. The molecule has 0 fully saturated rings. The summed E-state index contributed by atoms with van der Waals surface area (Å²) < 4.78 is 13.7. The zero-order valence-corrected chi connectivity index (χ0v) is 12.6. The first-order valence-electron chi connectivity index (χ1n) is 6.30.